The first kappa shape index (κ1) is 11.0. The molecule has 0 heterocycles. The summed E-state index contributed by atoms with van der Waals surface area (Å²) in [6.45, 7) is 0. The van der Waals surface area contributed by atoms with Crippen LogP contribution < -0.4 is 0 Å². The molecule has 0 bridgehead atoms. The van der Waals surface area contributed by atoms with Crippen molar-refractivity contribution in [3.63, 3.8) is 0 Å². The van der Waals surface area contributed by atoms with Gasteiger partial charge in [0.1, 0.15) is 0 Å². The van der Waals surface area contributed by atoms with Gasteiger partial charge in [0.15, 0.2) is 5.78 Å². The zero-order valence-corrected chi connectivity index (χ0v) is 9.08. The van der Waals surface area contributed by atoms with Crippen molar-refractivity contribution in [3.8, 4) is 11.1 Å². The summed E-state index contributed by atoms with van der Waals surface area (Å²) in [5.41, 5.74) is 1.01. The minimum absolute atomic E-state index is 0.214. The quantitative estimate of drug-likeness (QED) is 0.589. The molecule has 0 atom stereocenters. The molecule has 0 unspecified atom stereocenters. The van der Waals surface area contributed by atoms with Gasteiger partial charge in [0.2, 0.25) is 0 Å². The molecule has 2 aromatic rings. The zero-order chi connectivity index (χ0) is 12.9. The molecule has 0 fully saturated rings. The van der Waals surface area contributed by atoms with Crippen molar-refractivity contribution >= 4 is 5.78 Å². The molecule has 1 aliphatic carbocycles. The molecule has 0 aromatic heterocycles. The second kappa shape index (κ2) is 3.45. The second-order valence-corrected chi connectivity index (χ2v) is 4.13. The van der Waals surface area contributed by atoms with Crippen LogP contribution in [0.4, 0.5) is 13.2 Å². The number of hydrogen-bond acceptors (Lipinski definition) is 1. The number of halogens is 3. The highest BCUT2D eigenvalue weighted by Gasteiger charge is 2.34. The minimum Gasteiger partial charge on any atom is -0.289 e. The summed E-state index contributed by atoms with van der Waals surface area (Å²) in [5, 5.41) is 0. The van der Waals surface area contributed by atoms with E-state index in [1.807, 2.05) is 0 Å². The molecule has 0 saturated carbocycles. The lowest BCUT2D eigenvalue weighted by Crippen LogP contribution is -2.05. The van der Waals surface area contributed by atoms with E-state index in [2.05, 4.69) is 0 Å². The molecule has 18 heavy (non-hydrogen) atoms. The number of benzene rings is 2. The number of hydrogen-bond donors (Lipinski definition) is 0. The maximum atomic E-state index is 12.6. The normalized spacial score (nSPS) is 13.4. The molecule has 2 aromatic carbocycles. The third kappa shape index (κ3) is 1.45. The van der Waals surface area contributed by atoms with E-state index in [-0.39, 0.29) is 5.78 Å². The van der Waals surface area contributed by atoms with Gasteiger partial charge in [-0.2, -0.15) is 13.2 Å². The summed E-state index contributed by atoms with van der Waals surface area (Å²) in [6, 6.07) is 9.95. The highest BCUT2D eigenvalue weighted by atomic mass is 19.4. The Labute approximate surface area is 101 Å². The summed E-state index contributed by atoms with van der Waals surface area (Å²) in [5.74, 6) is -0.214. The zero-order valence-electron chi connectivity index (χ0n) is 9.08. The molecule has 1 nitrogen and oxygen atoms in total. The molecule has 0 saturated heterocycles. The smallest absolute Gasteiger partial charge is 0.289 e. The van der Waals surface area contributed by atoms with Gasteiger partial charge in [-0.05, 0) is 29.3 Å². The maximum absolute atomic E-state index is 12.6. The molecule has 4 heteroatoms. The van der Waals surface area contributed by atoms with E-state index in [0.717, 1.165) is 12.1 Å². The van der Waals surface area contributed by atoms with Crippen LogP contribution in [0.1, 0.15) is 21.5 Å². The maximum Gasteiger partial charge on any atom is 0.416 e. The van der Waals surface area contributed by atoms with E-state index < -0.39 is 11.7 Å². The predicted octanol–water partition coefficient (Wildman–Crippen LogP) is 3.92. The van der Waals surface area contributed by atoms with Gasteiger partial charge in [-0.3, -0.25) is 4.79 Å². The number of carbonyl (C=O) groups is 1. The van der Waals surface area contributed by atoms with Gasteiger partial charge in [-0.15, -0.1) is 0 Å². The summed E-state index contributed by atoms with van der Waals surface area (Å²) in [4.78, 5) is 12.0. The number of ketones is 1. The Kier molecular flexibility index (Phi) is 2.11. The van der Waals surface area contributed by atoms with Gasteiger partial charge >= 0.3 is 6.18 Å². The molecular formula is C14H7F3O. The lowest BCUT2D eigenvalue weighted by atomic mass is 10.0. The van der Waals surface area contributed by atoms with Gasteiger partial charge in [-0.1, -0.05) is 24.3 Å². The minimum atomic E-state index is -4.39. The van der Waals surface area contributed by atoms with E-state index in [9.17, 15) is 18.0 Å². The van der Waals surface area contributed by atoms with Crippen LogP contribution in [0, 0.1) is 0 Å². The number of fused-ring (bicyclic) bond motifs is 3. The van der Waals surface area contributed by atoms with Crippen LogP contribution in [-0.4, -0.2) is 5.78 Å². The van der Waals surface area contributed by atoms with Crippen LogP contribution in [-0.2, 0) is 6.18 Å². The van der Waals surface area contributed by atoms with E-state index >= 15 is 0 Å². The van der Waals surface area contributed by atoms with Crippen LogP contribution in [0.3, 0.4) is 0 Å². The van der Waals surface area contributed by atoms with Crippen molar-refractivity contribution in [2.24, 2.45) is 0 Å². The lowest BCUT2D eigenvalue weighted by molar-refractivity contribution is -0.137. The van der Waals surface area contributed by atoms with Crippen LogP contribution >= 0.6 is 0 Å². The van der Waals surface area contributed by atoms with Crippen molar-refractivity contribution in [2.75, 3.05) is 0 Å². The number of alkyl halides is 3. The monoisotopic (exact) mass is 248 g/mol. The summed E-state index contributed by atoms with van der Waals surface area (Å²) >= 11 is 0. The van der Waals surface area contributed by atoms with Gasteiger partial charge in [0.05, 0.1) is 5.56 Å². The topological polar surface area (TPSA) is 17.1 Å². The molecule has 0 radical (unpaired) electrons. The van der Waals surface area contributed by atoms with Crippen molar-refractivity contribution in [3.05, 3.63) is 59.2 Å². The lowest BCUT2D eigenvalue weighted by Gasteiger charge is -2.08. The highest BCUT2D eigenvalue weighted by molar-refractivity contribution is 6.21. The summed E-state index contributed by atoms with van der Waals surface area (Å²) in [7, 11) is 0. The molecule has 0 amide bonds. The van der Waals surface area contributed by atoms with Crippen LogP contribution in [0.2, 0.25) is 0 Å². The average molecular weight is 248 g/mol. The molecule has 1 aliphatic rings. The van der Waals surface area contributed by atoms with Gasteiger partial charge in [0, 0.05) is 11.1 Å². The van der Waals surface area contributed by atoms with Crippen LogP contribution in [0.25, 0.3) is 11.1 Å². The highest BCUT2D eigenvalue weighted by Crippen LogP contribution is 2.40. The fourth-order valence-electron chi connectivity index (χ4n) is 2.20. The van der Waals surface area contributed by atoms with Crippen LogP contribution in [0.5, 0.6) is 0 Å². The van der Waals surface area contributed by atoms with E-state index in [1.165, 1.54) is 6.07 Å². The summed E-state index contributed by atoms with van der Waals surface area (Å²) < 4.78 is 37.9. The molecule has 90 valence electrons. The Balaban J connectivity index is 2.26. The Morgan fingerprint density at radius 2 is 1.39 bits per heavy atom. The molecule has 0 spiro atoms. The standard InChI is InChI=1S/C14H7F3O/c15-14(16,17)8-5-6-11-12(7-8)9-3-1-2-4-10(9)13(11)18/h1-7H. The fourth-order valence-corrected chi connectivity index (χ4v) is 2.20. The van der Waals surface area contributed by atoms with E-state index in [1.54, 1.807) is 24.3 Å². The average Bonchev–Trinajstić information content (AvgIpc) is 2.63. The third-order valence-electron chi connectivity index (χ3n) is 3.05. The van der Waals surface area contributed by atoms with Crippen molar-refractivity contribution in [1.29, 1.82) is 0 Å². The van der Waals surface area contributed by atoms with Crippen molar-refractivity contribution in [1.82, 2.24) is 0 Å². The van der Waals surface area contributed by atoms with Crippen LogP contribution in [0.15, 0.2) is 42.5 Å². The van der Waals surface area contributed by atoms with Gasteiger partial charge in [0.25, 0.3) is 0 Å². The third-order valence-corrected chi connectivity index (χ3v) is 3.05. The van der Waals surface area contributed by atoms with Crippen molar-refractivity contribution < 1.29 is 18.0 Å². The van der Waals surface area contributed by atoms with Gasteiger partial charge in [-0.25, -0.2) is 0 Å². The first-order chi connectivity index (χ1) is 8.48. The van der Waals surface area contributed by atoms with E-state index in [4.69, 9.17) is 0 Å². The molecular weight excluding hydrogens is 241 g/mol. The predicted molar refractivity (Wildman–Crippen MR) is 60.3 cm³/mol. The van der Waals surface area contributed by atoms with Gasteiger partial charge < -0.3 is 0 Å². The number of carbonyl (C=O) groups excluding carboxylic acids is 1. The molecule has 0 aliphatic heterocycles. The first-order valence-corrected chi connectivity index (χ1v) is 5.34. The summed E-state index contributed by atoms with van der Waals surface area (Å²) in [6.07, 6.45) is -4.39. The Morgan fingerprint density at radius 3 is 2.06 bits per heavy atom. The Bertz CT molecular complexity index is 656. The Hall–Kier alpha value is -2.10. The molecule has 0 N–H and O–H groups in total. The second-order valence-electron chi connectivity index (χ2n) is 4.13. The molecule has 3 rings (SSSR count). The fraction of sp³-hybridized carbons (Fsp3) is 0.0714. The SMILES string of the molecule is O=C1c2ccccc2-c2cc(C(F)(F)F)ccc21. The van der Waals surface area contributed by atoms with E-state index in [0.29, 0.717) is 22.3 Å². The Morgan fingerprint density at radius 1 is 0.778 bits per heavy atom. The largest absolute Gasteiger partial charge is 0.416 e. The number of rotatable bonds is 0. The van der Waals surface area contributed by atoms with Crippen molar-refractivity contribution in [2.45, 2.75) is 6.18 Å². The first-order valence-electron chi connectivity index (χ1n) is 5.34.